The molecule has 8 nitrogen and oxygen atoms in total. The maximum atomic E-state index is 12.7. The molecule has 1 aromatic carbocycles. The number of aromatic nitrogens is 2. The highest BCUT2D eigenvalue weighted by Crippen LogP contribution is 2.26. The molecule has 0 fully saturated rings. The van der Waals surface area contributed by atoms with Gasteiger partial charge in [0.15, 0.2) is 5.69 Å². The van der Waals surface area contributed by atoms with E-state index in [2.05, 4.69) is 15.5 Å². The van der Waals surface area contributed by atoms with Gasteiger partial charge >= 0.3 is 0 Å². The van der Waals surface area contributed by atoms with Crippen molar-refractivity contribution in [2.75, 3.05) is 24.3 Å². The molecule has 1 aromatic heterocycles. The summed E-state index contributed by atoms with van der Waals surface area (Å²) in [6.07, 6.45) is 0. The Morgan fingerprint density at radius 3 is 2.52 bits per heavy atom. The van der Waals surface area contributed by atoms with Crippen molar-refractivity contribution in [1.29, 1.82) is 5.26 Å². The number of H-pyrrole nitrogens is 1. The molecule has 0 atom stereocenters. The molecule has 0 aliphatic rings. The summed E-state index contributed by atoms with van der Waals surface area (Å²) in [7, 11) is 3.63. The quantitative estimate of drug-likeness (QED) is 0.765. The highest BCUT2D eigenvalue weighted by atomic mass is 16.2. The number of carbonyl (C=O) groups is 2. The van der Waals surface area contributed by atoms with Gasteiger partial charge in [0.05, 0.1) is 23.0 Å². The third-order valence-electron chi connectivity index (χ3n) is 3.67. The molecule has 8 heteroatoms. The number of aromatic amines is 1. The van der Waals surface area contributed by atoms with Gasteiger partial charge in [-0.1, -0.05) is 13.8 Å². The summed E-state index contributed by atoms with van der Waals surface area (Å²) in [5, 5.41) is 18.5. The molecule has 2 amide bonds. The number of hydrogen-bond acceptors (Lipinski definition) is 5. The molecule has 0 saturated carbocycles. The zero-order valence-electron chi connectivity index (χ0n) is 14.5. The van der Waals surface area contributed by atoms with Crippen LogP contribution in [0.15, 0.2) is 18.2 Å². The zero-order chi connectivity index (χ0) is 18.7. The second-order valence-electron chi connectivity index (χ2n) is 6.11. The number of nitrogens with two attached hydrogens (primary N) is 1. The Labute approximate surface area is 145 Å². The highest BCUT2D eigenvalue weighted by molar-refractivity contribution is 6.09. The molecule has 0 unspecified atom stereocenters. The average Bonchev–Trinajstić information content (AvgIpc) is 2.98. The summed E-state index contributed by atoms with van der Waals surface area (Å²) >= 11 is 0. The highest BCUT2D eigenvalue weighted by Gasteiger charge is 2.22. The fourth-order valence-corrected chi connectivity index (χ4v) is 2.33. The summed E-state index contributed by atoms with van der Waals surface area (Å²) in [6, 6.07) is 6.87. The lowest BCUT2D eigenvalue weighted by Crippen LogP contribution is -2.19. The van der Waals surface area contributed by atoms with Crippen LogP contribution in [0.25, 0.3) is 0 Å². The number of carbonyl (C=O) groups excluding carboxylic acids is 2. The first kappa shape index (κ1) is 18.0. The Morgan fingerprint density at radius 2 is 2.00 bits per heavy atom. The SMILES string of the molecule is CC(C)c1[nH]nc(C(N)=O)c1NC(=O)c1cc(C#N)cc(N(C)C)c1. The summed E-state index contributed by atoms with van der Waals surface area (Å²) in [6.45, 7) is 3.79. The van der Waals surface area contributed by atoms with Crippen LogP contribution in [0, 0.1) is 11.3 Å². The van der Waals surface area contributed by atoms with Crippen LogP contribution in [0.4, 0.5) is 11.4 Å². The molecule has 2 rings (SSSR count). The van der Waals surface area contributed by atoms with Gasteiger partial charge in [-0.25, -0.2) is 0 Å². The Kier molecular flexibility index (Phi) is 5.08. The molecule has 0 radical (unpaired) electrons. The van der Waals surface area contributed by atoms with Gasteiger partial charge in [-0.05, 0) is 24.1 Å². The number of rotatable bonds is 5. The third kappa shape index (κ3) is 3.77. The predicted molar refractivity (Wildman–Crippen MR) is 94.6 cm³/mol. The molecule has 1 heterocycles. The number of nitrogens with one attached hydrogen (secondary N) is 2. The van der Waals surface area contributed by atoms with E-state index in [4.69, 9.17) is 11.0 Å². The Morgan fingerprint density at radius 1 is 1.32 bits per heavy atom. The van der Waals surface area contributed by atoms with Crippen molar-refractivity contribution in [3.8, 4) is 6.07 Å². The first-order valence-electron chi connectivity index (χ1n) is 7.66. The lowest BCUT2D eigenvalue weighted by atomic mass is 10.1. The van der Waals surface area contributed by atoms with E-state index in [1.807, 2.05) is 34.0 Å². The van der Waals surface area contributed by atoms with Crippen LogP contribution >= 0.6 is 0 Å². The van der Waals surface area contributed by atoms with Crippen molar-refractivity contribution in [1.82, 2.24) is 10.2 Å². The van der Waals surface area contributed by atoms with E-state index in [1.54, 1.807) is 17.0 Å². The lowest BCUT2D eigenvalue weighted by Gasteiger charge is -2.15. The number of nitriles is 1. The van der Waals surface area contributed by atoms with Crippen LogP contribution in [-0.2, 0) is 0 Å². The Bertz CT molecular complexity index is 861. The molecule has 0 spiro atoms. The summed E-state index contributed by atoms with van der Waals surface area (Å²) in [4.78, 5) is 26.0. The van der Waals surface area contributed by atoms with Crippen LogP contribution < -0.4 is 16.0 Å². The molecule has 130 valence electrons. The molecule has 0 saturated heterocycles. The van der Waals surface area contributed by atoms with Gasteiger partial charge in [0, 0.05) is 25.3 Å². The van der Waals surface area contributed by atoms with E-state index >= 15 is 0 Å². The minimum Gasteiger partial charge on any atom is -0.378 e. The van der Waals surface area contributed by atoms with Crippen LogP contribution in [0.1, 0.15) is 51.9 Å². The maximum absolute atomic E-state index is 12.7. The Balaban J connectivity index is 2.44. The van der Waals surface area contributed by atoms with Crippen molar-refractivity contribution < 1.29 is 9.59 Å². The first-order chi connectivity index (χ1) is 11.7. The van der Waals surface area contributed by atoms with Crippen molar-refractivity contribution in [3.63, 3.8) is 0 Å². The molecular formula is C17H20N6O2. The number of hydrogen-bond donors (Lipinski definition) is 3. The van der Waals surface area contributed by atoms with Gasteiger partial charge in [-0.3, -0.25) is 14.7 Å². The predicted octanol–water partition coefficient (Wildman–Crippen LogP) is 1.82. The standard InChI is InChI=1S/C17H20N6O2/c1-9(2)13-14(15(16(19)24)22-21-13)20-17(25)11-5-10(8-18)6-12(7-11)23(3)4/h5-7,9H,1-4H3,(H2,19,24)(H,20,25)(H,21,22). The van der Waals surface area contributed by atoms with Crippen molar-refractivity contribution in [2.45, 2.75) is 19.8 Å². The van der Waals surface area contributed by atoms with Crippen molar-refractivity contribution in [2.24, 2.45) is 5.73 Å². The smallest absolute Gasteiger partial charge is 0.271 e. The number of benzene rings is 1. The van der Waals surface area contributed by atoms with E-state index in [1.165, 1.54) is 6.07 Å². The van der Waals surface area contributed by atoms with E-state index in [0.717, 1.165) is 5.69 Å². The fourth-order valence-electron chi connectivity index (χ4n) is 2.33. The minimum atomic E-state index is -0.738. The summed E-state index contributed by atoms with van der Waals surface area (Å²) in [5.41, 5.74) is 7.55. The minimum absolute atomic E-state index is 0.00122. The van der Waals surface area contributed by atoms with Crippen LogP contribution in [0.3, 0.4) is 0 Å². The first-order valence-corrected chi connectivity index (χ1v) is 7.66. The third-order valence-corrected chi connectivity index (χ3v) is 3.67. The van der Waals surface area contributed by atoms with Crippen molar-refractivity contribution >= 4 is 23.2 Å². The van der Waals surface area contributed by atoms with Gasteiger partial charge in [-0.2, -0.15) is 10.4 Å². The van der Waals surface area contributed by atoms with E-state index in [0.29, 0.717) is 16.8 Å². The monoisotopic (exact) mass is 340 g/mol. The van der Waals surface area contributed by atoms with Gasteiger partial charge < -0.3 is 16.0 Å². The molecule has 0 bridgehead atoms. The van der Waals surface area contributed by atoms with Gasteiger partial charge in [0.25, 0.3) is 11.8 Å². The number of anilines is 2. The molecule has 0 aliphatic carbocycles. The molecule has 4 N–H and O–H groups in total. The fraction of sp³-hybridized carbons (Fsp3) is 0.294. The largest absolute Gasteiger partial charge is 0.378 e. The van der Waals surface area contributed by atoms with E-state index < -0.39 is 11.8 Å². The van der Waals surface area contributed by atoms with Crippen LogP contribution in [0.5, 0.6) is 0 Å². The van der Waals surface area contributed by atoms with Gasteiger partial charge in [0.2, 0.25) is 0 Å². The molecule has 0 aliphatic heterocycles. The second kappa shape index (κ2) is 7.05. The zero-order valence-corrected chi connectivity index (χ0v) is 14.5. The molecule has 25 heavy (non-hydrogen) atoms. The summed E-state index contributed by atoms with van der Waals surface area (Å²) < 4.78 is 0. The normalized spacial score (nSPS) is 10.4. The molecular weight excluding hydrogens is 320 g/mol. The average molecular weight is 340 g/mol. The van der Waals surface area contributed by atoms with Crippen LogP contribution in [-0.4, -0.2) is 36.1 Å². The second-order valence-corrected chi connectivity index (χ2v) is 6.11. The summed E-state index contributed by atoms with van der Waals surface area (Å²) in [5.74, 6) is -1.19. The van der Waals surface area contributed by atoms with Gasteiger partial charge in [0.1, 0.15) is 0 Å². The lowest BCUT2D eigenvalue weighted by molar-refractivity contribution is 0.0996. The van der Waals surface area contributed by atoms with Crippen LogP contribution in [0.2, 0.25) is 0 Å². The van der Waals surface area contributed by atoms with Gasteiger partial charge in [-0.15, -0.1) is 0 Å². The number of primary amides is 1. The van der Waals surface area contributed by atoms with E-state index in [9.17, 15) is 9.59 Å². The topological polar surface area (TPSA) is 128 Å². The van der Waals surface area contributed by atoms with Crippen molar-refractivity contribution in [3.05, 3.63) is 40.7 Å². The number of amides is 2. The Hall–Kier alpha value is -3.34. The molecule has 2 aromatic rings. The maximum Gasteiger partial charge on any atom is 0.271 e. The van der Waals surface area contributed by atoms with E-state index in [-0.39, 0.29) is 17.3 Å². The number of nitrogens with zero attached hydrogens (tertiary/aromatic N) is 3.